The Morgan fingerprint density at radius 3 is 0.957 bits per heavy atom. The second-order valence-electron chi connectivity index (χ2n) is 6.73. The highest BCUT2D eigenvalue weighted by Gasteiger charge is 2.45. The molecule has 5 heteroatoms. The maximum absolute atomic E-state index is 10.4. The third kappa shape index (κ3) is 4.89. The van der Waals surface area contributed by atoms with E-state index < -0.39 is 12.2 Å². The van der Waals surface area contributed by atoms with Crippen LogP contribution in [0.5, 0.6) is 0 Å². The van der Waals surface area contributed by atoms with Crippen molar-refractivity contribution in [1.82, 2.24) is 0 Å². The van der Waals surface area contributed by atoms with Crippen molar-refractivity contribution in [1.29, 1.82) is 0 Å². The van der Waals surface area contributed by atoms with Crippen molar-refractivity contribution < 1.29 is 23.9 Å². The van der Waals surface area contributed by atoms with Crippen LogP contribution in [0.4, 0.5) is 0 Å². The largest absolute Gasteiger partial charge is 0.384 e. The zero-order valence-corrected chi connectivity index (χ0v) is 16.7. The summed E-state index contributed by atoms with van der Waals surface area (Å²) in [6.45, 7) is 21.9. The second-order valence-corrected chi connectivity index (χ2v) is 6.73. The molecule has 0 fully saturated rings. The predicted octanol–water partition coefficient (Wildman–Crippen LogP) is 2.17. The van der Waals surface area contributed by atoms with E-state index in [4.69, 9.17) is 4.74 Å². The van der Waals surface area contributed by atoms with Gasteiger partial charge in [-0.2, -0.15) is 0 Å². The van der Waals surface area contributed by atoms with Crippen molar-refractivity contribution in [2.75, 3.05) is 39.3 Å². The molecule has 0 saturated heterocycles. The smallest absolute Gasteiger partial charge is 0.225 e. The normalized spacial score (nSPS) is 18.5. The van der Waals surface area contributed by atoms with Crippen LogP contribution in [-0.4, -0.2) is 83.1 Å². The molecule has 0 aliphatic rings. The molecule has 0 bridgehead atoms. The van der Waals surface area contributed by atoms with Crippen LogP contribution < -0.4 is 0 Å². The number of ether oxygens (including phenoxy) is 1. The fourth-order valence-electron chi connectivity index (χ4n) is 3.97. The Kier molecular flexibility index (Phi) is 9.86. The average molecular weight is 335 g/mol. The fraction of sp³-hybridized carbons (Fsp3) is 1.00. The molecule has 4 atom stereocenters. The van der Waals surface area contributed by atoms with Gasteiger partial charge in [0.2, 0.25) is 12.5 Å². The van der Waals surface area contributed by atoms with Crippen LogP contribution in [0.2, 0.25) is 0 Å². The zero-order chi connectivity index (χ0) is 18.3. The van der Waals surface area contributed by atoms with Gasteiger partial charge in [0, 0.05) is 0 Å². The van der Waals surface area contributed by atoms with Crippen LogP contribution in [0.25, 0.3) is 0 Å². The van der Waals surface area contributed by atoms with Crippen LogP contribution in [0.1, 0.15) is 55.4 Å². The topological polar surface area (TPSA) is 49.7 Å². The molecule has 2 N–H and O–H groups in total. The average Bonchev–Trinajstić information content (AvgIpc) is 2.55. The second kappa shape index (κ2) is 9.94. The monoisotopic (exact) mass is 334 g/mol. The van der Waals surface area contributed by atoms with Gasteiger partial charge in [-0.1, -0.05) is 0 Å². The molecule has 0 aliphatic carbocycles. The van der Waals surface area contributed by atoms with Crippen LogP contribution >= 0.6 is 0 Å². The molecule has 0 amide bonds. The third-order valence-corrected chi connectivity index (χ3v) is 5.96. The first kappa shape index (κ1) is 22.8. The molecule has 0 rings (SSSR count). The number of likely N-dealkylation sites (N-methyl/N-ethyl adjacent to an activating group) is 2. The Morgan fingerprint density at radius 1 is 0.609 bits per heavy atom. The van der Waals surface area contributed by atoms with Gasteiger partial charge in [0.05, 0.1) is 39.3 Å². The molecule has 140 valence electrons. The number of quaternary nitrogens is 2. The molecule has 0 aromatic rings. The zero-order valence-electron chi connectivity index (χ0n) is 16.7. The van der Waals surface area contributed by atoms with Crippen LogP contribution in [0.3, 0.4) is 0 Å². The number of hydrogen-bond donors (Lipinski definition) is 2. The first-order valence-electron chi connectivity index (χ1n) is 9.47. The molecule has 0 radical (unpaired) electrons. The minimum Gasteiger partial charge on any atom is -0.384 e. The number of aliphatic hydroxyl groups excluding tert-OH is 2. The van der Waals surface area contributed by atoms with Gasteiger partial charge in [0.25, 0.3) is 0 Å². The van der Waals surface area contributed by atoms with E-state index in [-0.39, 0.29) is 12.5 Å². The van der Waals surface area contributed by atoms with Crippen molar-refractivity contribution in [3.63, 3.8) is 0 Å². The number of nitrogens with zero attached hydrogens (tertiary/aromatic N) is 2. The minimum atomic E-state index is -0.580. The van der Waals surface area contributed by atoms with Crippen molar-refractivity contribution in [2.45, 2.75) is 80.1 Å². The molecule has 0 aromatic carbocycles. The summed E-state index contributed by atoms with van der Waals surface area (Å²) in [7, 11) is 0. The van der Waals surface area contributed by atoms with Gasteiger partial charge in [-0.15, -0.1) is 0 Å². The maximum Gasteiger partial charge on any atom is 0.225 e. The summed E-state index contributed by atoms with van der Waals surface area (Å²) in [6.07, 6.45) is -1.80. The lowest BCUT2D eigenvalue weighted by Gasteiger charge is -2.49. The summed E-state index contributed by atoms with van der Waals surface area (Å²) in [5.74, 6) is 0. The van der Waals surface area contributed by atoms with E-state index in [2.05, 4.69) is 41.5 Å². The highest BCUT2D eigenvalue weighted by molar-refractivity contribution is 4.63. The van der Waals surface area contributed by atoms with Gasteiger partial charge < -0.3 is 10.2 Å². The Hall–Kier alpha value is -0.200. The van der Waals surface area contributed by atoms with Crippen molar-refractivity contribution in [2.24, 2.45) is 0 Å². The van der Waals surface area contributed by atoms with Crippen LogP contribution in [0, 0.1) is 0 Å². The molecule has 0 aromatic heterocycles. The SMILES string of the molecule is CC[N+](CC)(CC)C(OC(C(C)O)[N+](CC)(CC)CC)C(C)O. The first-order chi connectivity index (χ1) is 10.7. The third-order valence-electron chi connectivity index (χ3n) is 5.96. The van der Waals surface area contributed by atoms with Gasteiger partial charge in [-0.3, -0.25) is 13.7 Å². The molecular formula is C18H42N2O3+2. The summed E-state index contributed by atoms with van der Waals surface area (Å²) in [5.41, 5.74) is 0. The Bertz CT molecular complexity index is 267. The predicted molar refractivity (Wildman–Crippen MR) is 95.8 cm³/mol. The molecule has 0 spiro atoms. The molecule has 4 unspecified atom stereocenters. The standard InChI is InChI=1S/C18H42N2O3/c1-9-19(10-2,11-3)17(15(7)21)23-18(16(8)22)20(12-4,13-5)14-6/h15-18,21-22H,9-14H2,1-8H3/q+2. The summed E-state index contributed by atoms with van der Waals surface area (Å²) >= 11 is 0. The molecular weight excluding hydrogens is 292 g/mol. The number of aliphatic hydroxyl groups is 2. The molecule has 0 aliphatic heterocycles. The van der Waals surface area contributed by atoms with Crippen molar-refractivity contribution in [3.05, 3.63) is 0 Å². The van der Waals surface area contributed by atoms with Gasteiger partial charge in [-0.05, 0) is 55.4 Å². The quantitative estimate of drug-likeness (QED) is 0.425. The van der Waals surface area contributed by atoms with E-state index >= 15 is 0 Å². The Labute approximate surface area is 144 Å². The fourth-order valence-corrected chi connectivity index (χ4v) is 3.97. The van der Waals surface area contributed by atoms with Gasteiger partial charge in [0.15, 0.2) is 0 Å². The van der Waals surface area contributed by atoms with Crippen LogP contribution in [-0.2, 0) is 4.74 Å². The van der Waals surface area contributed by atoms with Gasteiger partial charge >= 0.3 is 0 Å². The lowest BCUT2D eigenvalue weighted by molar-refractivity contribution is -1.01. The van der Waals surface area contributed by atoms with Gasteiger partial charge in [0.1, 0.15) is 12.2 Å². The number of hydrogen-bond acceptors (Lipinski definition) is 3. The van der Waals surface area contributed by atoms with E-state index in [1.807, 2.05) is 0 Å². The lowest BCUT2D eigenvalue weighted by atomic mass is 10.2. The van der Waals surface area contributed by atoms with Crippen LogP contribution in [0.15, 0.2) is 0 Å². The van der Waals surface area contributed by atoms with E-state index in [1.165, 1.54) is 0 Å². The molecule has 0 heterocycles. The Balaban J connectivity index is 5.75. The van der Waals surface area contributed by atoms with Crippen molar-refractivity contribution >= 4 is 0 Å². The highest BCUT2D eigenvalue weighted by Crippen LogP contribution is 2.26. The summed E-state index contributed by atoms with van der Waals surface area (Å²) in [6, 6.07) is 0. The Morgan fingerprint density at radius 2 is 0.826 bits per heavy atom. The van der Waals surface area contributed by atoms with Gasteiger partial charge in [-0.25, -0.2) is 0 Å². The minimum absolute atomic E-state index is 0.322. The summed E-state index contributed by atoms with van der Waals surface area (Å²) in [5, 5.41) is 20.9. The lowest BCUT2D eigenvalue weighted by Crippen LogP contribution is -2.67. The maximum atomic E-state index is 10.4. The van der Waals surface area contributed by atoms with E-state index in [1.54, 1.807) is 13.8 Å². The molecule has 0 saturated carbocycles. The van der Waals surface area contributed by atoms with E-state index in [0.717, 1.165) is 39.3 Å². The molecule has 23 heavy (non-hydrogen) atoms. The highest BCUT2D eigenvalue weighted by atomic mass is 16.6. The first-order valence-corrected chi connectivity index (χ1v) is 9.47. The molecule has 5 nitrogen and oxygen atoms in total. The summed E-state index contributed by atoms with van der Waals surface area (Å²) in [4.78, 5) is 0. The van der Waals surface area contributed by atoms with E-state index in [9.17, 15) is 10.2 Å². The number of rotatable bonds is 12. The van der Waals surface area contributed by atoms with Crippen molar-refractivity contribution in [3.8, 4) is 0 Å². The summed E-state index contributed by atoms with van der Waals surface area (Å²) < 4.78 is 7.91. The van der Waals surface area contributed by atoms with E-state index in [0.29, 0.717) is 8.97 Å².